The molecule has 1 aromatic rings. The first-order valence-electron chi connectivity index (χ1n) is 7.36. The second-order valence-corrected chi connectivity index (χ2v) is 5.99. The molecule has 2 atom stereocenters. The summed E-state index contributed by atoms with van der Waals surface area (Å²) in [5, 5.41) is 0. The van der Waals surface area contributed by atoms with Crippen molar-refractivity contribution in [2.45, 2.75) is 46.6 Å². The number of rotatable bonds is 4. The van der Waals surface area contributed by atoms with Gasteiger partial charge in [-0.1, -0.05) is 27.2 Å². The third-order valence-electron chi connectivity index (χ3n) is 3.98. The summed E-state index contributed by atoms with van der Waals surface area (Å²) >= 11 is 0. The van der Waals surface area contributed by atoms with Crippen molar-refractivity contribution in [3.63, 3.8) is 0 Å². The van der Waals surface area contributed by atoms with Crippen LogP contribution >= 0.6 is 24.8 Å². The average Bonchev–Trinajstić information content (AvgIpc) is 2.71. The van der Waals surface area contributed by atoms with E-state index in [0.717, 1.165) is 43.3 Å². The van der Waals surface area contributed by atoms with Crippen LogP contribution in [0.2, 0.25) is 0 Å². The summed E-state index contributed by atoms with van der Waals surface area (Å²) in [6.45, 7) is 10.6. The number of halogens is 2. The molecule has 0 aliphatic carbocycles. The van der Waals surface area contributed by atoms with E-state index in [-0.39, 0.29) is 30.9 Å². The van der Waals surface area contributed by atoms with E-state index in [0.29, 0.717) is 11.8 Å². The van der Waals surface area contributed by atoms with Gasteiger partial charge < -0.3 is 10.6 Å². The molecule has 1 saturated heterocycles. The summed E-state index contributed by atoms with van der Waals surface area (Å²) in [7, 11) is 0. The number of hydrogen-bond donors (Lipinski definition) is 1. The van der Waals surface area contributed by atoms with Crippen LogP contribution in [0.1, 0.15) is 38.7 Å². The molecule has 6 heteroatoms. The van der Waals surface area contributed by atoms with E-state index in [2.05, 4.69) is 41.7 Å². The Morgan fingerprint density at radius 1 is 1.29 bits per heavy atom. The monoisotopic (exact) mass is 334 g/mol. The van der Waals surface area contributed by atoms with Gasteiger partial charge in [0.05, 0.1) is 0 Å². The van der Waals surface area contributed by atoms with Gasteiger partial charge in [-0.05, 0) is 25.2 Å². The molecule has 0 unspecified atom stereocenters. The maximum Gasteiger partial charge on any atom is 0.132 e. The van der Waals surface area contributed by atoms with Crippen LogP contribution in [0, 0.1) is 18.8 Å². The SMILES string of the molecule is CCCc1cc(N2C[C@H](C(C)C)[C@@H](N)C2)nc(C)n1.Cl.Cl. The molecule has 1 fully saturated rings. The van der Waals surface area contributed by atoms with Crippen LogP contribution in [0.15, 0.2) is 6.07 Å². The van der Waals surface area contributed by atoms with Crippen LogP contribution in [-0.4, -0.2) is 29.1 Å². The van der Waals surface area contributed by atoms with E-state index in [1.165, 1.54) is 0 Å². The zero-order valence-electron chi connectivity index (χ0n) is 13.4. The van der Waals surface area contributed by atoms with Gasteiger partial charge in [0.2, 0.25) is 0 Å². The smallest absolute Gasteiger partial charge is 0.132 e. The normalized spacial score (nSPS) is 21.1. The largest absolute Gasteiger partial charge is 0.355 e. The minimum atomic E-state index is 0. The number of aromatic nitrogens is 2. The third kappa shape index (κ3) is 4.97. The number of anilines is 1. The van der Waals surface area contributed by atoms with Gasteiger partial charge in [0.25, 0.3) is 0 Å². The molecule has 0 amide bonds. The maximum atomic E-state index is 6.26. The van der Waals surface area contributed by atoms with Crippen molar-refractivity contribution in [1.29, 1.82) is 0 Å². The number of aryl methyl sites for hydroxylation is 2. The number of hydrogen-bond acceptors (Lipinski definition) is 4. The lowest BCUT2D eigenvalue weighted by Crippen LogP contribution is -2.32. The summed E-state index contributed by atoms with van der Waals surface area (Å²) in [6, 6.07) is 2.39. The van der Waals surface area contributed by atoms with Crippen LogP contribution in [0.25, 0.3) is 0 Å². The van der Waals surface area contributed by atoms with E-state index in [1.807, 2.05) is 6.92 Å². The molecule has 1 aliphatic heterocycles. The molecule has 0 aromatic carbocycles. The Hall–Kier alpha value is -0.580. The summed E-state index contributed by atoms with van der Waals surface area (Å²) in [6.07, 6.45) is 2.13. The van der Waals surface area contributed by atoms with E-state index >= 15 is 0 Å². The number of nitrogens with two attached hydrogens (primary N) is 1. The lowest BCUT2D eigenvalue weighted by molar-refractivity contribution is 0.382. The summed E-state index contributed by atoms with van der Waals surface area (Å²) < 4.78 is 0. The summed E-state index contributed by atoms with van der Waals surface area (Å²) in [4.78, 5) is 11.4. The minimum absolute atomic E-state index is 0. The summed E-state index contributed by atoms with van der Waals surface area (Å²) in [5.74, 6) is 3.10. The Bertz CT molecular complexity index is 440. The van der Waals surface area contributed by atoms with Crippen LogP contribution in [0.5, 0.6) is 0 Å². The topological polar surface area (TPSA) is 55.0 Å². The molecule has 0 radical (unpaired) electrons. The quantitative estimate of drug-likeness (QED) is 0.919. The highest BCUT2D eigenvalue weighted by Crippen LogP contribution is 2.27. The first-order valence-corrected chi connectivity index (χ1v) is 7.36. The fourth-order valence-electron chi connectivity index (χ4n) is 2.90. The van der Waals surface area contributed by atoms with Gasteiger partial charge in [-0.2, -0.15) is 0 Å². The fraction of sp³-hybridized carbons (Fsp3) is 0.733. The molecule has 0 spiro atoms. The van der Waals surface area contributed by atoms with E-state index in [4.69, 9.17) is 5.73 Å². The standard InChI is InChI=1S/C15H26N4.2ClH/c1-5-6-12-7-15(18-11(4)17-12)19-8-13(10(2)3)14(16)9-19;;/h7,10,13-14H,5-6,8-9,16H2,1-4H3;2*1H/t13-,14+;;/m1../s1. The predicted octanol–water partition coefficient (Wildman–Crippen LogP) is 3.00. The Morgan fingerprint density at radius 3 is 2.48 bits per heavy atom. The number of nitrogens with zero attached hydrogens (tertiary/aromatic N) is 3. The van der Waals surface area contributed by atoms with Crippen LogP contribution < -0.4 is 10.6 Å². The van der Waals surface area contributed by atoms with E-state index in [9.17, 15) is 0 Å². The van der Waals surface area contributed by atoms with Crippen molar-refractivity contribution in [1.82, 2.24) is 9.97 Å². The fourth-order valence-corrected chi connectivity index (χ4v) is 2.90. The Labute approximate surface area is 140 Å². The predicted molar refractivity (Wildman–Crippen MR) is 93.8 cm³/mol. The van der Waals surface area contributed by atoms with Gasteiger partial charge in [0.15, 0.2) is 0 Å². The summed E-state index contributed by atoms with van der Waals surface area (Å²) in [5.41, 5.74) is 7.40. The highest BCUT2D eigenvalue weighted by Gasteiger charge is 2.32. The Morgan fingerprint density at radius 2 is 1.95 bits per heavy atom. The van der Waals surface area contributed by atoms with Crippen molar-refractivity contribution >= 4 is 30.6 Å². The van der Waals surface area contributed by atoms with E-state index < -0.39 is 0 Å². The second kappa shape index (κ2) is 8.76. The van der Waals surface area contributed by atoms with Crippen molar-refractivity contribution in [3.8, 4) is 0 Å². The first-order chi connectivity index (χ1) is 9.01. The Balaban J connectivity index is 0.00000200. The van der Waals surface area contributed by atoms with Gasteiger partial charge in [-0.3, -0.25) is 0 Å². The van der Waals surface area contributed by atoms with Gasteiger partial charge >= 0.3 is 0 Å². The van der Waals surface area contributed by atoms with Crippen LogP contribution in [0.4, 0.5) is 5.82 Å². The molecular weight excluding hydrogens is 307 g/mol. The lowest BCUT2D eigenvalue weighted by atomic mass is 9.92. The van der Waals surface area contributed by atoms with Gasteiger partial charge in [-0.25, -0.2) is 9.97 Å². The van der Waals surface area contributed by atoms with Crippen LogP contribution in [0.3, 0.4) is 0 Å². The van der Waals surface area contributed by atoms with Gasteiger partial charge in [0.1, 0.15) is 11.6 Å². The highest BCUT2D eigenvalue weighted by atomic mass is 35.5. The molecule has 1 aromatic heterocycles. The van der Waals surface area contributed by atoms with Crippen molar-refractivity contribution in [2.75, 3.05) is 18.0 Å². The van der Waals surface area contributed by atoms with Gasteiger partial charge in [0, 0.05) is 30.9 Å². The van der Waals surface area contributed by atoms with Crippen molar-refractivity contribution in [3.05, 3.63) is 17.6 Å². The molecule has 21 heavy (non-hydrogen) atoms. The zero-order valence-corrected chi connectivity index (χ0v) is 15.0. The molecule has 0 saturated carbocycles. The molecule has 2 N–H and O–H groups in total. The minimum Gasteiger partial charge on any atom is -0.355 e. The molecule has 4 nitrogen and oxygen atoms in total. The van der Waals surface area contributed by atoms with Gasteiger partial charge in [-0.15, -0.1) is 24.8 Å². The van der Waals surface area contributed by atoms with Crippen molar-refractivity contribution in [2.24, 2.45) is 17.6 Å². The molecule has 2 rings (SSSR count). The zero-order chi connectivity index (χ0) is 14.0. The molecule has 0 bridgehead atoms. The van der Waals surface area contributed by atoms with Crippen LogP contribution in [-0.2, 0) is 6.42 Å². The molecular formula is C15H28Cl2N4. The average molecular weight is 335 g/mol. The van der Waals surface area contributed by atoms with Crippen molar-refractivity contribution < 1.29 is 0 Å². The third-order valence-corrected chi connectivity index (χ3v) is 3.98. The lowest BCUT2D eigenvalue weighted by Gasteiger charge is -2.19. The Kier molecular flexibility index (Phi) is 8.52. The van der Waals surface area contributed by atoms with E-state index in [1.54, 1.807) is 0 Å². The first kappa shape index (κ1) is 20.4. The molecule has 1 aliphatic rings. The molecule has 122 valence electrons. The molecule has 2 heterocycles. The highest BCUT2D eigenvalue weighted by molar-refractivity contribution is 5.85. The maximum absolute atomic E-state index is 6.26. The second-order valence-electron chi connectivity index (χ2n) is 5.99.